The van der Waals surface area contributed by atoms with Crippen LogP contribution in [0.4, 0.5) is 11.4 Å². The molecule has 59 heavy (non-hydrogen) atoms. The lowest BCUT2D eigenvalue weighted by molar-refractivity contribution is -0.117. The Labute approximate surface area is 344 Å². The molecule has 8 rings (SSSR count). The number of likely N-dealkylation sites (tertiary alicyclic amines) is 1. The fraction of sp³-hybridized carbons (Fsp3) is 0.444. The van der Waals surface area contributed by atoms with Crippen LogP contribution in [0.5, 0.6) is 0 Å². The molecular formula is C45H55N11O3. The predicted molar refractivity (Wildman–Crippen MR) is 230 cm³/mol. The number of benzene rings is 2. The van der Waals surface area contributed by atoms with Gasteiger partial charge in [-0.3, -0.25) is 9.59 Å². The highest BCUT2D eigenvalue weighted by atomic mass is 16.5. The number of H-pyrrole nitrogens is 1. The summed E-state index contributed by atoms with van der Waals surface area (Å²) < 4.78 is 5.26. The van der Waals surface area contributed by atoms with E-state index in [1.807, 2.05) is 46.8 Å². The van der Waals surface area contributed by atoms with E-state index in [0.29, 0.717) is 30.6 Å². The molecule has 6 heterocycles. The van der Waals surface area contributed by atoms with E-state index in [0.717, 1.165) is 101 Å². The number of hydrogen-bond acceptors (Lipinski definition) is 11. The largest absolute Gasteiger partial charge is 0.385 e. The van der Waals surface area contributed by atoms with E-state index in [2.05, 4.69) is 83.0 Å². The number of rotatable bonds is 12. The molecule has 5 N–H and O–H groups in total. The molecule has 0 radical (unpaired) electrons. The number of nitrogens with two attached hydrogens (primary N) is 1. The van der Waals surface area contributed by atoms with Crippen LogP contribution in [0.3, 0.4) is 0 Å². The number of hydrogen-bond donors (Lipinski definition) is 4. The molecule has 2 saturated heterocycles. The van der Waals surface area contributed by atoms with Crippen LogP contribution in [0.15, 0.2) is 65.4 Å². The number of fused-ring (bicyclic) bond motifs is 3. The molecule has 14 heteroatoms. The predicted octanol–water partition coefficient (Wildman–Crippen LogP) is 7.04. The third-order valence-corrected chi connectivity index (χ3v) is 12.0. The van der Waals surface area contributed by atoms with E-state index in [1.54, 1.807) is 6.33 Å². The lowest BCUT2D eigenvalue weighted by Gasteiger charge is -2.38. The van der Waals surface area contributed by atoms with E-state index >= 15 is 0 Å². The second-order valence-electron chi connectivity index (χ2n) is 17.3. The zero-order valence-electron chi connectivity index (χ0n) is 34.7. The average molecular weight is 798 g/mol. The van der Waals surface area contributed by atoms with Gasteiger partial charge in [-0.2, -0.15) is 4.98 Å². The molecule has 2 aliphatic rings. The van der Waals surface area contributed by atoms with Gasteiger partial charge in [-0.1, -0.05) is 38.1 Å². The molecule has 4 aromatic heterocycles. The summed E-state index contributed by atoms with van der Waals surface area (Å²) in [5, 5.41) is 12.2. The summed E-state index contributed by atoms with van der Waals surface area (Å²) in [5.41, 5.74) is 13.7. The maximum Gasteiger partial charge on any atom is 0.315 e. The summed E-state index contributed by atoms with van der Waals surface area (Å²) in [4.78, 5) is 51.4. The van der Waals surface area contributed by atoms with Gasteiger partial charge >= 0.3 is 11.8 Å². The molecule has 2 fully saturated rings. The van der Waals surface area contributed by atoms with Gasteiger partial charge in [0.15, 0.2) is 5.82 Å². The number of piperidine rings is 2. The highest BCUT2D eigenvalue weighted by Gasteiger charge is 2.28. The second-order valence-corrected chi connectivity index (χ2v) is 17.3. The summed E-state index contributed by atoms with van der Waals surface area (Å²) in [6.07, 6.45) is 6.52. The summed E-state index contributed by atoms with van der Waals surface area (Å²) in [7, 11) is 0. The van der Waals surface area contributed by atoms with Crippen LogP contribution in [0.25, 0.3) is 33.3 Å². The van der Waals surface area contributed by atoms with Crippen LogP contribution in [-0.4, -0.2) is 86.1 Å². The first-order valence-corrected chi connectivity index (χ1v) is 20.9. The van der Waals surface area contributed by atoms with E-state index in [1.165, 1.54) is 18.5 Å². The highest BCUT2D eigenvalue weighted by Crippen LogP contribution is 2.36. The van der Waals surface area contributed by atoms with Crippen molar-refractivity contribution in [3.63, 3.8) is 0 Å². The summed E-state index contributed by atoms with van der Waals surface area (Å²) in [5.74, 6) is 0.880. The Hall–Kier alpha value is -5.89. The van der Waals surface area contributed by atoms with Gasteiger partial charge in [-0.05, 0) is 112 Å². The van der Waals surface area contributed by atoms with Crippen molar-refractivity contribution in [2.75, 3.05) is 49.5 Å². The number of carbonyl (C=O) groups is 2. The van der Waals surface area contributed by atoms with Crippen molar-refractivity contribution in [3.05, 3.63) is 89.5 Å². The monoisotopic (exact) mass is 797 g/mol. The van der Waals surface area contributed by atoms with Crippen LogP contribution in [0.1, 0.15) is 105 Å². The van der Waals surface area contributed by atoms with Gasteiger partial charge in [-0.25, -0.2) is 15.0 Å². The van der Waals surface area contributed by atoms with Gasteiger partial charge in [0.1, 0.15) is 17.6 Å². The van der Waals surface area contributed by atoms with E-state index < -0.39 is 5.91 Å². The minimum atomic E-state index is -0.403. The number of anilines is 2. The van der Waals surface area contributed by atoms with Gasteiger partial charge < -0.3 is 35.7 Å². The van der Waals surface area contributed by atoms with Crippen LogP contribution >= 0.6 is 0 Å². The van der Waals surface area contributed by atoms with Gasteiger partial charge in [-0.15, -0.1) is 0 Å². The molecule has 6 aromatic rings. The third kappa shape index (κ3) is 8.92. The topological polar surface area (TPSA) is 184 Å². The number of nitrogens with zero attached hydrogens (tertiary/aromatic N) is 7. The molecule has 1 atom stereocenters. The smallest absolute Gasteiger partial charge is 0.315 e. The first kappa shape index (κ1) is 39.9. The Balaban J connectivity index is 0.866. The average Bonchev–Trinajstić information content (AvgIpc) is 3.88. The van der Waals surface area contributed by atoms with E-state index in [4.69, 9.17) is 20.2 Å². The van der Waals surface area contributed by atoms with Crippen molar-refractivity contribution in [3.8, 4) is 11.3 Å². The number of carbonyl (C=O) groups excluding carboxylic acids is 2. The van der Waals surface area contributed by atoms with Crippen LogP contribution < -0.4 is 21.3 Å². The number of aromatic amines is 1. The van der Waals surface area contributed by atoms with Crippen molar-refractivity contribution < 1.29 is 14.1 Å². The SMILES string of the molecule is Cc1cc(-c2ncnc3[nH]c4nc(C5CCN(CC6CCN(c7ccc(NCCC(N)=O)cc7)CC6)CC5)ccc4c23)ccc1[C@@H](C)NC(=O)c1nc(C(C)(C)C)no1. The molecular weight excluding hydrogens is 743 g/mol. The Morgan fingerprint density at radius 3 is 2.41 bits per heavy atom. The molecule has 0 unspecified atom stereocenters. The molecule has 14 nitrogen and oxygen atoms in total. The molecule has 2 amide bonds. The standard InChI is InChI=1S/C45H55N11O3/c1-27-24-31(6-11-34(27)28(2)50-42(58)43-53-44(54-59-43)45(3,4)5)39-38-35-12-13-36(51-40(35)52-41(38)49-26-48-39)30-17-20-55(21-18-30)25-29-15-22-56(23-16-29)33-9-7-32(8-10-33)47-19-14-37(46)57/h6-13,24,26,28-30,47H,14-23,25H2,1-5H3,(H2,46,57)(H,50,58)(H,48,49,51,52)/t28-/m1/s1. The van der Waals surface area contributed by atoms with Crippen molar-refractivity contribution >= 4 is 45.3 Å². The van der Waals surface area contributed by atoms with Crippen molar-refractivity contribution in [2.24, 2.45) is 11.7 Å². The molecule has 0 spiro atoms. The number of pyridine rings is 1. The summed E-state index contributed by atoms with van der Waals surface area (Å²) in [6, 6.07) is 18.8. The highest BCUT2D eigenvalue weighted by molar-refractivity contribution is 6.10. The summed E-state index contributed by atoms with van der Waals surface area (Å²) >= 11 is 0. The minimum Gasteiger partial charge on any atom is -0.385 e. The van der Waals surface area contributed by atoms with Gasteiger partial charge in [0.25, 0.3) is 0 Å². The number of nitrogens with one attached hydrogen (secondary N) is 3. The molecule has 308 valence electrons. The second kappa shape index (κ2) is 16.8. The Bertz CT molecular complexity index is 2440. The Morgan fingerprint density at radius 2 is 1.71 bits per heavy atom. The van der Waals surface area contributed by atoms with Gasteiger partial charge in [0.05, 0.1) is 17.1 Å². The number of aryl methyl sites for hydroxylation is 1. The van der Waals surface area contributed by atoms with Crippen LogP contribution in [0.2, 0.25) is 0 Å². The maximum atomic E-state index is 13.0. The molecule has 0 bridgehead atoms. The molecule has 0 saturated carbocycles. The zero-order chi connectivity index (χ0) is 41.3. The number of aromatic nitrogens is 6. The zero-order valence-corrected chi connectivity index (χ0v) is 34.7. The number of primary amides is 1. The maximum absolute atomic E-state index is 13.0. The van der Waals surface area contributed by atoms with Gasteiger partial charge in [0.2, 0.25) is 5.91 Å². The number of amides is 2. The molecule has 2 aromatic carbocycles. The first-order chi connectivity index (χ1) is 28.4. The Morgan fingerprint density at radius 1 is 0.949 bits per heavy atom. The molecule has 0 aliphatic carbocycles. The van der Waals surface area contributed by atoms with Crippen LogP contribution in [-0.2, 0) is 10.2 Å². The fourth-order valence-electron chi connectivity index (χ4n) is 8.60. The van der Waals surface area contributed by atoms with E-state index in [-0.39, 0.29) is 23.3 Å². The first-order valence-electron chi connectivity index (χ1n) is 20.9. The van der Waals surface area contributed by atoms with Crippen molar-refractivity contribution in [1.82, 2.24) is 40.3 Å². The van der Waals surface area contributed by atoms with Gasteiger partial charge in [0, 0.05) is 72.0 Å². The fourth-order valence-corrected chi connectivity index (χ4v) is 8.60. The Kier molecular flexibility index (Phi) is 11.3. The molecule has 2 aliphatic heterocycles. The quantitative estimate of drug-likeness (QED) is 0.0997. The van der Waals surface area contributed by atoms with Crippen molar-refractivity contribution in [1.29, 1.82) is 0 Å². The van der Waals surface area contributed by atoms with Crippen molar-refractivity contribution in [2.45, 2.75) is 84.1 Å². The lowest BCUT2D eigenvalue weighted by atomic mass is 9.90. The normalized spacial score (nSPS) is 16.5. The lowest BCUT2D eigenvalue weighted by Crippen LogP contribution is -2.41. The minimum absolute atomic E-state index is 0.0430. The summed E-state index contributed by atoms with van der Waals surface area (Å²) in [6.45, 7) is 15.9. The third-order valence-electron chi connectivity index (χ3n) is 12.0. The van der Waals surface area contributed by atoms with Crippen LogP contribution in [0, 0.1) is 12.8 Å². The van der Waals surface area contributed by atoms with E-state index in [9.17, 15) is 9.59 Å².